The predicted octanol–water partition coefficient (Wildman–Crippen LogP) is -2.44. The Labute approximate surface area is 267 Å². The molecule has 5 atom stereocenters. The number of carbonyl (C=O) groups excluding carboxylic acids is 7. The predicted molar refractivity (Wildman–Crippen MR) is 163 cm³/mol. The first-order valence-corrected chi connectivity index (χ1v) is 15.7. The molecular weight excluding hydrogens is 598 g/mol. The van der Waals surface area contributed by atoms with Crippen LogP contribution < -0.4 is 26.6 Å². The molecule has 1 aromatic carbocycles. The second-order valence-electron chi connectivity index (χ2n) is 12.2. The largest absolute Gasteiger partial charge is 0.394 e. The molecule has 7 amide bonds. The van der Waals surface area contributed by atoms with Crippen LogP contribution in [0.4, 0.5) is 0 Å². The first kappa shape index (κ1) is 34.3. The second-order valence-corrected chi connectivity index (χ2v) is 12.2. The van der Waals surface area contributed by atoms with Gasteiger partial charge in [0.1, 0.15) is 30.2 Å². The molecule has 0 spiro atoms. The summed E-state index contributed by atoms with van der Waals surface area (Å²) in [6, 6.07) is 3.53. The average Bonchev–Trinajstić information content (AvgIpc) is 3.74. The highest BCUT2D eigenvalue weighted by molar-refractivity contribution is 5.97. The van der Waals surface area contributed by atoms with E-state index in [1.54, 1.807) is 44.2 Å². The zero-order valence-corrected chi connectivity index (χ0v) is 26.1. The van der Waals surface area contributed by atoms with Gasteiger partial charge in [-0.05, 0) is 37.2 Å². The topological polar surface area (TPSA) is 206 Å². The van der Waals surface area contributed by atoms with Crippen molar-refractivity contribution in [1.82, 2.24) is 36.4 Å². The van der Waals surface area contributed by atoms with Gasteiger partial charge in [0.05, 0.1) is 19.7 Å². The number of aliphatic hydroxyl groups is 1. The van der Waals surface area contributed by atoms with Crippen molar-refractivity contribution in [3.8, 4) is 0 Å². The van der Waals surface area contributed by atoms with E-state index in [9.17, 15) is 38.7 Å². The Balaban J connectivity index is 1.60. The number of aliphatic hydroxyl groups excluding tert-OH is 1. The van der Waals surface area contributed by atoms with Crippen molar-refractivity contribution in [3.63, 3.8) is 0 Å². The van der Waals surface area contributed by atoms with Crippen molar-refractivity contribution in [2.24, 2.45) is 5.92 Å². The summed E-state index contributed by atoms with van der Waals surface area (Å²) < 4.78 is 0. The Bertz CT molecular complexity index is 1320. The summed E-state index contributed by atoms with van der Waals surface area (Å²) in [5.74, 6) is -4.66. The number of hydrogen-bond donors (Lipinski definition) is 6. The zero-order chi connectivity index (χ0) is 33.4. The van der Waals surface area contributed by atoms with Crippen molar-refractivity contribution in [3.05, 3.63) is 35.9 Å². The summed E-state index contributed by atoms with van der Waals surface area (Å²) in [5, 5.41) is 22.6. The number of carbonyl (C=O) groups is 7. The maximum atomic E-state index is 13.7. The lowest BCUT2D eigenvalue weighted by molar-refractivity contribution is -0.144. The Hall–Kier alpha value is -4.53. The van der Waals surface area contributed by atoms with Gasteiger partial charge in [0, 0.05) is 19.5 Å². The van der Waals surface area contributed by atoms with Crippen molar-refractivity contribution < 1.29 is 38.7 Å². The van der Waals surface area contributed by atoms with Crippen LogP contribution in [0.3, 0.4) is 0 Å². The van der Waals surface area contributed by atoms with Gasteiger partial charge in [-0.15, -0.1) is 0 Å². The third-order valence-electron chi connectivity index (χ3n) is 8.53. The maximum absolute atomic E-state index is 13.7. The van der Waals surface area contributed by atoms with Crippen LogP contribution in [0.25, 0.3) is 0 Å². The minimum atomic E-state index is -1.44. The van der Waals surface area contributed by atoms with E-state index in [4.69, 9.17) is 0 Å². The SMILES string of the molecule is CC(C)C1NC(=O)C2CCCN2C(=O)CNC(=O)C(Cc2ccccc2)NC(=O)C(CO)NC(=O)CNC(=O)C2CCCN2C1=O. The van der Waals surface area contributed by atoms with Crippen molar-refractivity contribution in [2.75, 3.05) is 32.8 Å². The summed E-state index contributed by atoms with van der Waals surface area (Å²) in [5.41, 5.74) is 0.707. The maximum Gasteiger partial charge on any atom is 0.246 e. The molecule has 5 unspecified atom stereocenters. The molecule has 0 saturated carbocycles. The molecule has 46 heavy (non-hydrogen) atoms. The molecule has 3 heterocycles. The van der Waals surface area contributed by atoms with Crippen LogP contribution in [0.15, 0.2) is 30.3 Å². The monoisotopic (exact) mass is 641 g/mol. The zero-order valence-electron chi connectivity index (χ0n) is 26.1. The molecule has 250 valence electrons. The van der Waals surface area contributed by atoms with E-state index in [1.807, 2.05) is 0 Å². The number of rotatable bonds is 4. The van der Waals surface area contributed by atoms with Crippen LogP contribution in [-0.4, -0.2) is 119 Å². The molecule has 15 heteroatoms. The highest BCUT2D eigenvalue weighted by Gasteiger charge is 2.41. The van der Waals surface area contributed by atoms with Crippen LogP contribution >= 0.6 is 0 Å². The van der Waals surface area contributed by atoms with E-state index in [-0.39, 0.29) is 25.4 Å². The Morgan fingerprint density at radius 3 is 2.02 bits per heavy atom. The third-order valence-corrected chi connectivity index (χ3v) is 8.53. The Morgan fingerprint density at radius 1 is 0.739 bits per heavy atom. The summed E-state index contributed by atoms with van der Waals surface area (Å²) in [6.45, 7) is 2.34. The summed E-state index contributed by atoms with van der Waals surface area (Å²) in [6.07, 6.45) is 1.87. The molecule has 6 N–H and O–H groups in total. The fraction of sp³-hybridized carbons (Fsp3) is 0.581. The second kappa shape index (κ2) is 15.7. The molecule has 0 radical (unpaired) electrons. The van der Waals surface area contributed by atoms with Crippen LogP contribution in [-0.2, 0) is 40.0 Å². The van der Waals surface area contributed by atoms with Crippen molar-refractivity contribution >= 4 is 41.4 Å². The minimum absolute atomic E-state index is 0.0476. The summed E-state index contributed by atoms with van der Waals surface area (Å²) >= 11 is 0. The Kier molecular flexibility index (Phi) is 11.7. The van der Waals surface area contributed by atoms with Crippen molar-refractivity contribution in [2.45, 2.75) is 76.2 Å². The molecule has 15 nitrogen and oxygen atoms in total. The quantitative estimate of drug-likeness (QED) is 0.208. The molecule has 1 aromatic rings. The van der Waals surface area contributed by atoms with Gasteiger partial charge in [-0.25, -0.2) is 0 Å². The molecule has 0 aliphatic carbocycles. The number of nitrogens with one attached hydrogen (secondary N) is 5. The minimum Gasteiger partial charge on any atom is -0.394 e. The molecule has 3 fully saturated rings. The lowest BCUT2D eigenvalue weighted by Crippen LogP contribution is -2.58. The number of benzene rings is 1. The standard InChI is InChI=1S/C31H43N7O8/c1-18(2)26-31(46)38-13-7-10-22(38)29(44)32-15-24(40)34-21(17-39)28(43)35-20(14-19-8-4-3-5-9-19)27(42)33-16-25(41)37-12-6-11-23(37)30(45)36-26/h3-5,8-9,18,20-23,26,39H,6-7,10-17H2,1-2H3,(H,32,44)(H,33,42)(H,34,40)(H,35,43)(H,36,45). The van der Waals surface area contributed by atoms with Gasteiger partial charge in [-0.1, -0.05) is 44.2 Å². The van der Waals surface area contributed by atoms with Gasteiger partial charge in [0.15, 0.2) is 0 Å². The van der Waals surface area contributed by atoms with E-state index < -0.39 is 91.3 Å². The lowest BCUT2D eigenvalue weighted by Gasteiger charge is -2.32. The van der Waals surface area contributed by atoms with Crippen LogP contribution in [0.2, 0.25) is 0 Å². The summed E-state index contributed by atoms with van der Waals surface area (Å²) in [4.78, 5) is 95.4. The lowest BCUT2D eigenvalue weighted by atomic mass is 10.0. The van der Waals surface area contributed by atoms with Crippen molar-refractivity contribution in [1.29, 1.82) is 0 Å². The highest BCUT2D eigenvalue weighted by atomic mass is 16.3. The van der Waals surface area contributed by atoms with E-state index in [0.29, 0.717) is 31.2 Å². The van der Waals surface area contributed by atoms with Gasteiger partial charge >= 0.3 is 0 Å². The Morgan fingerprint density at radius 2 is 1.37 bits per heavy atom. The molecule has 0 aromatic heterocycles. The number of nitrogens with zero attached hydrogens (tertiary/aromatic N) is 2. The van der Waals surface area contributed by atoms with E-state index in [1.165, 1.54) is 9.80 Å². The smallest absolute Gasteiger partial charge is 0.246 e. The van der Waals surface area contributed by atoms with Gasteiger partial charge in [-0.2, -0.15) is 0 Å². The number of hydrogen-bond acceptors (Lipinski definition) is 8. The molecule has 3 aliphatic heterocycles. The van der Waals surface area contributed by atoms with Gasteiger partial charge < -0.3 is 41.5 Å². The highest BCUT2D eigenvalue weighted by Crippen LogP contribution is 2.22. The molecule has 3 saturated heterocycles. The van der Waals surface area contributed by atoms with Crippen LogP contribution in [0, 0.1) is 5.92 Å². The first-order valence-electron chi connectivity index (χ1n) is 15.7. The summed E-state index contributed by atoms with van der Waals surface area (Å²) in [7, 11) is 0. The third kappa shape index (κ3) is 8.38. The molecule has 4 rings (SSSR count). The van der Waals surface area contributed by atoms with Gasteiger partial charge in [0.25, 0.3) is 0 Å². The number of fused-ring (bicyclic) bond motifs is 2. The normalized spacial score (nSPS) is 27.6. The van der Waals surface area contributed by atoms with Gasteiger partial charge in [0.2, 0.25) is 41.4 Å². The number of amides is 7. The van der Waals surface area contributed by atoms with Crippen LogP contribution in [0.5, 0.6) is 0 Å². The molecular formula is C31H43N7O8. The fourth-order valence-electron chi connectivity index (χ4n) is 6.03. The molecule has 3 aliphatic rings. The van der Waals surface area contributed by atoms with Crippen LogP contribution in [0.1, 0.15) is 45.1 Å². The van der Waals surface area contributed by atoms with Gasteiger partial charge in [-0.3, -0.25) is 33.6 Å². The average molecular weight is 642 g/mol. The fourth-order valence-corrected chi connectivity index (χ4v) is 6.03. The van der Waals surface area contributed by atoms with E-state index in [0.717, 1.165) is 0 Å². The first-order chi connectivity index (χ1) is 22.0. The van der Waals surface area contributed by atoms with E-state index >= 15 is 0 Å². The molecule has 0 bridgehead atoms. The van der Waals surface area contributed by atoms with E-state index in [2.05, 4.69) is 26.6 Å².